The van der Waals surface area contributed by atoms with Gasteiger partial charge < -0.3 is 11.1 Å². The minimum absolute atomic E-state index is 0. The number of hydrogen-bond acceptors (Lipinski definition) is 4. The van der Waals surface area contributed by atoms with Crippen LogP contribution in [0.1, 0.15) is 19.5 Å². The minimum atomic E-state index is -0.232. The van der Waals surface area contributed by atoms with Crippen molar-refractivity contribution in [1.29, 1.82) is 0 Å². The lowest BCUT2D eigenvalue weighted by molar-refractivity contribution is -0.119. The van der Waals surface area contributed by atoms with E-state index in [0.29, 0.717) is 5.82 Å². The molecule has 0 fully saturated rings. The molecule has 118 valence electrons. The third-order valence-corrected chi connectivity index (χ3v) is 3.41. The molecule has 1 heterocycles. The molecule has 2 atom stereocenters. The highest BCUT2D eigenvalue weighted by atomic mass is 35.5. The molecule has 2 unspecified atom stereocenters. The fourth-order valence-electron chi connectivity index (χ4n) is 1.79. The van der Waals surface area contributed by atoms with E-state index in [1.807, 2.05) is 51.1 Å². The van der Waals surface area contributed by atoms with E-state index in [1.54, 1.807) is 6.20 Å². The molecule has 0 spiro atoms. The van der Waals surface area contributed by atoms with E-state index in [1.165, 1.54) is 0 Å². The molecule has 1 aromatic carbocycles. The van der Waals surface area contributed by atoms with E-state index in [0.717, 1.165) is 16.9 Å². The Morgan fingerprint density at radius 3 is 2.36 bits per heavy atom. The predicted molar refractivity (Wildman–Crippen MR) is 90.9 cm³/mol. The van der Waals surface area contributed by atoms with Crippen molar-refractivity contribution >= 4 is 24.0 Å². The summed E-state index contributed by atoms with van der Waals surface area (Å²) in [5.41, 5.74) is 8.30. The third-order valence-electron chi connectivity index (χ3n) is 3.41. The standard InChI is InChI=1S/C16H20N4O.ClH/c1-10-8-9-18-15(19-10)13-4-6-14(7-5-13)20-16(21)11(2)12(3)17;/h4-9,11-12H,17H2,1-3H3,(H,20,21);1H. The molecule has 1 aromatic heterocycles. The highest BCUT2D eigenvalue weighted by molar-refractivity contribution is 5.92. The van der Waals surface area contributed by atoms with E-state index in [-0.39, 0.29) is 30.3 Å². The Balaban J connectivity index is 0.00000242. The van der Waals surface area contributed by atoms with Gasteiger partial charge in [0, 0.05) is 29.2 Å². The van der Waals surface area contributed by atoms with Crippen molar-refractivity contribution in [2.24, 2.45) is 11.7 Å². The van der Waals surface area contributed by atoms with E-state index in [2.05, 4.69) is 15.3 Å². The van der Waals surface area contributed by atoms with Crippen molar-refractivity contribution in [3.8, 4) is 11.4 Å². The van der Waals surface area contributed by atoms with E-state index >= 15 is 0 Å². The Morgan fingerprint density at radius 1 is 1.18 bits per heavy atom. The number of carbonyl (C=O) groups is 1. The first-order valence-electron chi connectivity index (χ1n) is 6.94. The van der Waals surface area contributed by atoms with Gasteiger partial charge in [0.05, 0.1) is 5.92 Å². The number of carbonyl (C=O) groups excluding carboxylic acids is 1. The average molecular weight is 321 g/mol. The highest BCUT2D eigenvalue weighted by Crippen LogP contribution is 2.18. The lowest BCUT2D eigenvalue weighted by atomic mass is 10.0. The number of nitrogens with zero attached hydrogens (tertiary/aromatic N) is 2. The van der Waals surface area contributed by atoms with Crippen LogP contribution in [0.3, 0.4) is 0 Å². The van der Waals surface area contributed by atoms with Gasteiger partial charge in [-0.1, -0.05) is 6.92 Å². The van der Waals surface area contributed by atoms with Crippen molar-refractivity contribution in [2.45, 2.75) is 26.8 Å². The quantitative estimate of drug-likeness (QED) is 0.907. The van der Waals surface area contributed by atoms with Crippen LogP contribution in [0.4, 0.5) is 5.69 Å². The van der Waals surface area contributed by atoms with E-state index in [9.17, 15) is 4.79 Å². The molecule has 0 aliphatic carbocycles. The normalized spacial score (nSPS) is 12.9. The zero-order valence-electron chi connectivity index (χ0n) is 12.9. The lowest BCUT2D eigenvalue weighted by Crippen LogP contribution is -2.34. The van der Waals surface area contributed by atoms with Gasteiger partial charge in [0.15, 0.2) is 5.82 Å². The van der Waals surface area contributed by atoms with Crippen LogP contribution in [-0.2, 0) is 4.79 Å². The maximum atomic E-state index is 11.9. The second-order valence-corrected chi connectivity index (χ2v) is 5.24. The topological polar surface area (TPSA) is 80.9 Å². The van der Waals surface area contributed by atoms with Crippen molar-refractivity contribution < 1.29 is 4.79 Å². The first-order chi connectivity index (χ1) is 9.97. The Hall–Kier alpha value is -1.98. The number of aryl methyl sites for hydroxylation is 1. The largest absolute Gasteiger partial charge is 0.327 e. The number of benzene rings is 1. The van der Waals surface area contributed by atoms with Gasteiger partial charge in [-0.25, -0.2) is 9.97 Å². The van der Waals surface area contributed by atoms with Crippen molar-refractivity contribution in [1.82, 2.24) is 9.97 Å². The summed E-state index contributed by atoms with van der Waals surface area (Å²) in [6.45, 7) is 5.56. The number of amides is 1. The lowest BCUT2D eigenvalue weighted by Gasteiger charge is -2.15. The summed E-state index contributed by atoms with van der Waals surface area (Å²) in [5, 5.41) is 2.85. The van der Waals surface area contributed by atoms with Gasteiger partial charge in [-0.3, -0.25) is 4.79 Å². The fourth-order valence-corrected chi connectivity index (χ4v) is 1.79. The van der Waals surface area contributed by atoms with Crippen LogP contribution < -0.4 is 11.1 Å². The molecular weight excluding hydrogens is 300 g/mol. The average Bonchev–Trinajstić information content (AvgIpc) is 2.47. The number of hydrogen-bond donors (Lipinski definition) is 2. The molecule has 0 aliphatic heterocycles. The van der Waals surface area contributed by atoms with E-state index < -0.39 is 0 Å². The van der Waals surface area contributed by atoms with Gasteiger partial charge in [-0.05, 0) is 44.2 Å². The molecule has 5 nitrogen and oxygen atoms in total. The summed E-state index contributed by atoms with van der Waals surface area (Å²) in [6, 6.07) is 9.14. The summed E-state index contributed by atoms with van der Waals surface area (Å²) in [6.07, 6.45) is 1.73. The number of nitrogens with one attached hydrogen (secondary N) is 1. The molecule has 2 rings (SSSR count). The summed E-state index contributed by atoms with van der Waals surface area (Å²) in [5.74, 6) is 0.367. The molecule has 0 bridgehead atoms. The maximum absolute atomic E-state index is 11.9. The summed E-state index contributed by atoms with van der Waals surface area (Å²) in [7, 11) is 0. The zero-order valence-corrected chi connectivity index (χ0v) is 13.7. The summed E-state index contributed by atoms with van der Waals surface area (Å²) >= 11 is 0. The Kier molecular flexibility index (Phi) is 6.46. The van der Waals surface area contributed by atoms with Crippen molar-refractivity contribution in [3.63, 3.8) is 0 Å². The van der Waals surface area contributed by atoms with E-state index in [4.69, 9.17) is 5.73 Å². The van der Waals surface area contributed by atoms with Crippen LogP contribution in [0.15, 0.2) is 36.5 Å². The second kappa shape index (κ2) is 7.87. The Labute approximate surface area is 136 Å². The van der Waals surface area contributed by atoms with Crippen LogP contribution in [-0.4, -0.2) is 21.9 Å². The maximum Gasteiger partial charge on any atom is 0.228 e. The third kappa shape index (κ3) is 4.51. The number of anilines is 1. The van der Waals surface area contributed by atoms with Crippen LogP contribution >= 0.6 is 12.4 Å². The number of rotatable bonds is 4. The fraction of sp³-hybridized carbons (Fsp3) is 0.312. The number of nitrogens with two attached hydrogens (primary N) is 1. The molecule has 22 heavy (non-hydrogen) atoms. The van der Waals surface area contributed by atoms with Crippen molar-refractivity contribution in [3.05, 3.63) is 42.2 Å². The van der Waals surface area contributed by atoms with Gasteiger partial charge >= 0.3 is 0 Å². The van der Waals surface area contributed by atoms with Gasteiger partial charge in [0.2, 0.25) is 5.91 Å². The van der Waals surface area contributed by atoms with Crippen LogP contribution in [0.25, 0.3) is 11.4 Å². The molecule has 1 amide bonds. The van der Waals surface area contributed by atoms with Crippen LogP contribution in [0, 0.1) is 12.8 Å². The Bertz CT molecular complexity index is 628. The second-order valence-electron chi connectivity index (χ2n) is 5.24. The molecule has 0 radical (unpaired) electrons. The molecule has 0 saturated carbocycles. The van der Waals surface area contributed by atoms with Gasteiger partial charge in [0.1, 0.15) is 0 Å². The molecule has 3 N–H and O–H groups in total. The predicted octanol–water partition coefficient (Wildman–Crippen LogP) is 2.80. The zero-order chi connectivity index (χ0) is 15.4. The smallest absolute Gasteiger partial charge is 0.228 e. The number of halogens is 1. The molecule has 0 aliphatic rings. The Morgan fingerprint density at radius 2 is 1.82 bits per heavy atom. The van der Waals surface area contributed by atoms with Gasteiger partial charge in [0.25, 0.3) is 0 Å². The first-order valence-corrected chi connectivity index (χ1v) is 6.94. The molecule has 0 saturated heterocycles. The summed E-state index contributed by atoms with van der Waals surface area (Å²) in [4.78, 5) is 20.5. The van der Waals surface area contributed by atoms with Gasteiger partial charge in [-0.2, -0.15) is 0 Å². The van der Waals surface area contributed by atoms with Gasteiger partial charge in [-0.15, -0.1) is 12.4 Å². The van der Waals surface area contributed by atoms with Crippen molar-refractivity contribution in [2.75, 3.05) is 5.32 Å². The monoisotopic (exact) mass is 320 g/mol. The molecule has 6 heteroatoms. The van der Waals surface area contributed by atoms with Crippen LogP contribution in [0.2, 0.25) is 0 Å². The summed E-state index contributed by atoms with van der Waals surface area (Å²) < 4.78 is 0. The first kappa shape index (κ1) is 18.1. The minimum Gasteiger partial charge on any atom is -0.327 e. The highest BCUT2D eigenvalue weighted by Gasteiger charge is 2.16. The SMILES string of the molecule is Cc1ccnc(-c2ccc(NC(=O)C(C)C(C)N)cc2)n1.Cl. The molecule has 2 aromatic rings. The van der Waals surface area contributed by atoms with Crippen LogP contribution in [0.5, 0.6) is 0 Å². The molecular formula is C16H21ClN4O. The number of aromatic nitrogens is 2.